The minimum atomic E-state index is -0.389. The molecule has 1 atom stereocenters. The molecule has 2 aromatic rings. The minimum Gasteiger partial charge on any atom is -0.494 e. The van der Waals surface area contributed by atoms with Crippen molar-refractivity contribution in [3.8, 4) is 17.2 Å². The van der Waals surface area contributed by atoms with Crippen LogP contribution in [-0.4, -0.2) is 61.7 Å². The van der Waals surface area contributed by atoms with Crippen molar-refractivity contribution >= 4 is 29.4 Å². The fraction of sp³-hybridized carbons (Fsp3) is 0.429. The number of benzene rings is 2. The van der Waals surface area contributed by atoms with Gasteiger partial charge in [0.1, 0.15) is 40.8 Å². The molecule has 9 heteroatoms. The summed E-state index contributed by atoms with van der Waals surface area (Å²) in [5.74, 6) is 1.39. The number of carbonyl (C=O) groups is 1. The Bertz CT molecular complexity index is 1120. The van der Waals surface area contributed by atoms with E-state index in [0.29, 0.717) is 54.6 Å². The largest absolute Gasteiger partial charge is 0.494 e. The number of aliphatic imine (C=N–C) groups is 1. The second-order valence-corrected chi connectivity index (χ2v) is 9.52. The normalized spacial score (nSPS) is 18.2. The second kappa shape index (κ2) is 12.2. The van der Waals surface area contributed by atoms with Gasteiger partial charge in [-0.25, -0.2) is 0 Å². The number of aliphatic hydroxyl groups is 1. The lowest BCUT2D eigenvalue weighted by molar-refractivity contribution is -0.128. The van der Waals surface area contributed by atoms with Crippen LogP contribution in [0.1, 0.15) is 39.0 Å². The number of para-hydroxylation sites is 1. The number of piperidine rings is 1. The summed E-state index contributed by atoms with van der Waals surface area (Å²) in [4.78, 5) is 21.6. The molecule has 2 aliphatic heterocycles. The first-order valence-corrected chi connectivity index (χ1v) is 13.0. The van der Waals surface area contributed by atoms with E-state index in [1.54, 1.807) is 48.3 Å². The van der Waals surface area contributed by atoms with Gasteiger partial charge in [-0.15, -0.1) is 0 Å². The summed E-state index contributed by atoms with van der Waals surface area (Å²) in [5, 5.41) is 12.1. The summed E-state index contributed by atoms with van der Waals surface area (Å²) < 4.78 is 17.3. The first-order valence-electron chi connectivity index (χ1n) is 12.6. The van der Waals surface area contributed by atoms with Crippen LogP contribution in [0.15, 0.2) is 58.9 Å². The molecular weight excluding hydrogens is 494 g/mol. The number of aliphatic hydroxyl groups excluding tert-OH is 1. The predicted octanol–water partition coefficient (Wildman–Crippen LogP) is 5.60. The summed E-state index contributed by atoms with van der Waals surface area (Å²) in [6, 6.07) is 12.7. The first-order chi connectivity index (χ1) is 18.0. The SMILES string of the molecule is CCCCC1N=CC(C(=O)N2CCC(Oc3ccc(Cl)cc3)CC2)=C(O)N1c1c(OC)cccc1OC. The highest BCUT2D eigenvalue weighted by Gasteiger charge is 2.36. The molecule has 2 aromatic carbocycles. The zero-order valence-electron chi connectivity index (χ0n) is 21.5. The quantitative estimate of drug-likeness (QED) is 0.456. The van der Waals surface area contributed by atoms with Crippen LogP contribution in [0.3, 0.4) is 0 Å². The molecule has 1 fully saturated rings. The Hall–Kier alpha value is -3.39. The summed E-state index contributed by atoms with van der Waals surface area (Å²) in [6.45, 7) is 3.13. The highest BCUT2D eigenvalue weighted by Crippen LogP contribution is 2.42. The van der Waals surface area contributed by atoms with E-state index >= 15 is 0 Å². The maximum atomic E-state index is 13.5. The molecule has 2 heterocycles. The molecule has 1 amide bonds. The molecular formula is C28H34ClN3O5. The van der Waals surface area contributed by atoms with Crippen molar-refractivity contribution in [3.05, 3.63) is 58.9 Å². The molecule has 0 bridgehead atoms. The Balaban J connectivity index is 1.55. The molecule has 198 valence electrons. The third kappa shape index (κ3) is 5.96. The Morgan fingerprint density at radius 2 is 1.73 bits per heavy atom. The average molecular weight is 528 g/mol. The standard InChI is InChI=1S/C28H34ClN3O5/c1-4-5-9-25-30-18-22(28(34)32(25)26-23(35-2)7-6-8-24(26)36-3)27(33)31-16-14-21(15-17-31)37-20-12-10-19(29)11-13-20/h6-8,10-13,18,21,25,34H,4-5,9,14-17H2,1-3H3. The van der Waals surface area contributed by atoms with Gasteiger partial charge in [-0.2, -0.15) is 0 Å². The molecule has 1 N–H and O–H groups in total. The van der Waals surface area contributed by atoms with Gasteiger partial charge in [0.05, 0.1) is 14.2 Å². The Kier molecular flexibility index (Phi) is 8.82. The number of carbonyl (C=O) groups excluding carboxylic acids is 1. The zero-order valence-corrected chi connectivity index (χ0v) is 22.3. The minimum absolute atomic E-state index is 0.000545. The van der Waals surface area contributed by atoms with E-state index < -0.39 is 0 Å². The van der Waals surface area contributed by atoms with Crippen molar-refractivity contribution in [2.45, 2.75) is 51.3 Å². The van der Waals surface area contributed by atoms with Crippen LogP contribution >= 0.6 is 11.6 Å². The van der Waals surface area contributed by atoms with Crippen molar-refractivity contribution in [3.63, 3.8) is 0 Å². The van der Waals surface area contributed by atoms with Gasteiger partial charge in [0.2, 0.25) is 5.88 Å². The number of methoxy groups -OCH3 is 2. The average Bonchev–Trinajstić information content (AvgIpc) is 2.93. The fourth-order valence-electron chi connectivity index (χ4n) is 4.67. The third-order valence-corrected chi connectivity index (χ3v) is 6.93. The molecule has 1 saturated heterocycles. The van der Waals surface area contributed by atoms with Gasteiger partial charge in [-0.05, 0) is 49.2 Å². The van der Waals surface area contributed by atoms with Gasteiger partial charge >= 0.3 is 0 Å². The highest BCUT2D eigenvalue weighted by atomic mass is 35.5. The van der Waals surface area contributed by atoms with E-state index in [4.69, 9.17) is 30.8 Å². The van der Waals surface area contributed by atoms with Gasteiger partial charge in [0.25, 0.3) is 5.91 Å². The molecule has 37 heavy (non-hydrogen) atoms. The van der Waals surface area contributed by atoms with E-state index in [1.807, 2.05) is 18.2 Å². The molecule has 8 nitrogen and oxygen atoms in total. The van der Waals surface area contributed by atoms with E-state index in [1.165, 1.54) is 6.21 Å². The second-order valence-electron chi connectivity index (χ2n) is 9.08. The molecule has 0 saturated carbocycles. The summed E-state index contributed by atoms with van der Waals surface area (Å²) >= 11 is 5.96. The van der Waals surface area contributed by atoms with Gasteiger partial charge in [0.15, 0.2) is 0 Å². The molecule has 0 spiro atoms. The number of hydrogen-bond acceptors (Lipinski definition) is 7. The van der Waals surface area contributed by atoms with Crippen molar-refractivity contribution in [2.24, 2.45) is 4.99 Å². The van der Waals surface area contributed by atoms with Crippen LogP contribution in [0.4, 0.5) is 5.69 Å². The van der Waals surface area contributed by atoms with Gasteiger partial charge in [-0.3, -0.25) is 14.7 Å². The first kappa shape index (κ1) is 26.7. The number of ether oxygens (including phenoxy) is 3. The van der Waals surface area contributed by atoms with Crippen LogP contribution in [0.25, 0.3) is 0 Å². The molecule has 0 radical (unpaired) electrons. The molecule has 2 aliphatic rings. The van der Waals surface area contributed by atoms with Crippen molar-refractivity contribution in [2.75, 3.05) is 32.2 Å². The van der Waals surface area contributed by atoms with E-state index in [2.05, 4.69) is 6.92 Å². The lowest BCUT2D eigenvalue weighted by Crippen LogP contribution is -2.45. The van der Waals surface area contributed by atoms with Crippen LogP contribution in [0.2, 0.25) is 5.02 Å². The fourth-order valence-corrected chi connectivity index (χ4v) is 4.80. The number of halogens is 1. The maximum Gasteiger partial charge on any atom is 0.260 e. The number of nitrogens with zero attached hydrogens (tertiary/aromatic N) is 3. The number of rotatable bonds is 9. The molecule has 0 aromatic heterocycles. The monoisotopic (exact) mass is 527 g/mol. The number of anilines is 1. The lowest BCUT2D eigenvalue weighted by atomic mass is 10.0. The van der Waals surface area contributed by atoms with Crippen LogP contribution in [0.5, 0.6) is 17.2 Å². The lowest BCUT2D eigenvalue weighted by Gasteiger charge is -2.37. The topological polar surface area (TPSA) is 83.8 Å². The molecule has 1 unspecified atom stereocenters. The van der Waals surface area contributed by atoms with Crippen LogP contribution in [-0.2, 0) is 4.79 Å². The van der Waals surface area contributed by atoms with Crippen LogP contribution < -0.4 is 19.1 Å². The maximum absolute atomic E-state index is 13.5. The van der Waals surface area contributed by atoms with Gasteiger partial charge in [0, 0.05) is 37.2 Å². The van der Waals surface area contributed by atoms with Gasteiger partial charge in [-0.1, -0.05) is 31.0 Å². The van der Waals surface area contributed by atoms with E-state index in [9.17, 15) is 9.90 Å². The summed E-state index contributed by atoms with van der Waals surface area (Å²) in [7, 11) is 3.13. The molecule has 0 aliphatic carbocycles. The van der Waals surface area contributed by atoms with Crippen molar-refractivity contribution < 1.29 is 24.1 Å². The number of amides is 1. The Morgan fingerprint density at radius 3 is 2.32 bits per heavy atom. The van der Waals surface area contributed by atoms with E-state index in [0.717, 1.165) is 18.6 Å². The summed E-state index contributed by atoms with van der Waals surface area (Å²) in [5.41, 5.74) is 0.695. The smallest absolute Gasteiger partial charge is 0.260 e. The van der Waals surface area contributed by atoms with Gasteiger partial charge < -0.3 is 24.2 Å². The van der Waals surface area contributed by atoms with Crippen molar-refractivity contribution in [1.29, 1.82) is 0 Å². The number of unbranched alkanes of at least 4 members (excludes halogenated alkanes) is 1. The van der Waals surface area contributed by atoms with Crippen molar-refractivity contribution in [1.82, 2.24) is 4.90 Å². The van der Waals surface area contributed by atoms with E-state index in [-0.39, 0.29) is 29.6 Å². The zero-order chi connectivity index (χ0) is 26.4. The predicted molar refractivity (Wildman–Crippen MR) is 145 cm³/mol. The Labute approximate surface area is 223 Å². The number of hydrogen-bond donors (Lipinski definition) is 1. The summed E-state index contributed by atoms with van der Waals surface area (Å²) in [6.07, 6.45) is 5.08. The molecule has 4 rings (SSSR count). The Morgan fingerprint density at radius 1 is 1.08 bits per heavy atom. The number of likely N-dealkylation sites (tertiary alicyclic amines) is 1. The van der Waals surface area contributed by atoms with Crippen LogP contribution in [0, 0.1) is 0 Å². The highest BCUT2D eigenvalue weighted by molar-refractivity contribution is 6.30. The third-order valence-electron chi connectivity index (χ3n) is 6.68.